The number of hydrogen-bond acceptors (Lipinski definition) is 2. The molecule has 3 heteroatoms. The van der Waals surface area contributed by atoms with Gasteiger partial charge in [-0.2, -0.15) is 0 Å². The molecular formula is C11H22N2O. The van der Waals surface area contributed by atoms with Gasteiger partial charge < -0.3 is 10.2 Å². The zero-order valence-corrected chi connectivity index (χ0v) is 9.76. The first-order valence-electron chi connectivity index (χ1n) is 5.04. The molecule has 0 aromatic rings. The SMILES string of the molecule is C=CCNCC(=O)N(C)C(C)(C)CC. The summed E-state index contributed by atoms with van der Waals surface area (Å²) < 4.78 is 0. The van der Waals surface area contributed by atoms with Gasteiger partial charge in [0.25, 0.3) is 0 Å². The van der Waals surface area contributed by atoms with Crippen LogP contribution in [0.3, 0.4) is 0 Å². The Hall–Kier alpha value is -0.830. The summed E-state index contributed by atoms with van der Waals surface area (Å²) in [5.41, 5.74) is -0.0626. The van der Waals surface area contributed by atoms with Crippen LogP contribution in [0.2, 0.25) is 0 Å². The first-order valence-corrected chi connectivity index (χ1v) is 5.04. The molecule has 0 bridgehead atoms. The van der Waals surface area contributed by atoms with Gasteiger partial charge in [-0.1, -0.05) is 13.0 Å². The van der Waals surface area contributed by atoms with E-state index in [-0.39, 0.29) is 11.4 Å². The lowest BCUT2D eigenvalue weighted by Gasteiger charge is -2.35. The van der Waals surface area contributed by atoms with Crippen LogP contribution in [0, 0.1) is 0 Å². The number of hydrogen-bond donors (Lipinski definition) is 1. The molecule has 0 heterocycles. The van der Waals surface area contributed by atoms with Gasteiger partial charge in [-0.3, -0.25) is 4.79 Å². The van der Waals surface area contributed by atoms with Gasteiger partial charge in [0.15, 0.2) is 0 Å². The van der Waals surface area contributed by atoms with Crippen molar-refractivity contribution in [1.29, 1.82) is 0 Å². The second-order valence-corrected chi connectivity index (χ2v) is 4.04. The quantitative estimate of drug-likeness (QED) is 0.517. The Labute approximate surface area is 87.2 Å². The first-order chi connectivity index (χ1) is 6.45. The van der Waals surface area contributed by atoms with Gasteiger partial charge in [0.05, 0.1) is 6.54 Å². The Bertz CT molecular complexity index is 199. The Morgan fingerprint density at radius 2 is 2.14 bits per heavy atom. The van der Waals surface area contributed by atoms with Crippen molar-refractivity contribution in [2.45, 2.75) is 32.7 Å². The minimum absolute atomic E-state index is 0.0626. The Morgan fingerprint density at radius 1 is 1.57 bits per heavy atom. The van der Waals surface area contributed by atoms with E-state index in [1.165, 1.54) is 0 Å². The number of nitrogens with one attached hydrogen (secondary N) is 1. The molecule has 82 valence electrons. The van der Waals surface area contributed by atoms with E-state index in [0.29, 0.717) is 13.1 Å². The fraction of sp³-hybridized carbons (Fsp3) is 0.727. The Kier molecular flexibility index (Phi) is 5.46. The molecule has 0 fully saturated rings. The van der Waals surface area contributed by atoms with Crippen molar-refractivity contribution in [3.63, 3.8) is 0 Å². The van der Waals surface area contributed by atoms with Gasteiger partial charge in [0.2, 0.25) is 5.91 Å². The van der Waals surface area contributed by atoms with E-state index in [1.807, 2.05) is 7.05 Å². The number of likely N-dealkylation sites (N-methyl/N-ethyl adjacent to an activating group) is 1. The third kappa shape index (κ3) is 3.92. The van der Waals surface area contributed by atoms with E-state index in [2.05, 4.69) is 32.7 Å². The van der Waals surface area contributed by atoms with E-state index < -0.39 is 0 Å². The maximum atomic E-state index is 11.7. The summed E-state index contributed by atoms with van der Waals surface area (Å²) in [4.78, 5) is 13.4. The van der Waals surface area contributed by atoms with Gasteiger partial charge in [-0.25, -0.2) is 0 Å². The minimum Gasteiger partial charge on any atom is -0.340 e. The molecule has 0 saturated heterocycles. The second-order valence-electron chi connectivity index (χ2n) is 4.04. The Balaban J connectivity index is 4.05. The average Bonchev–Trinajstić information content (AvgIpc) is 2.17. The normalized spacial score (nSPS) is 11.1. The molecule has 3 nitrogen and oxygen atoms in total. The van der Waals surface area contributed by atoms with Crippen molar-refractivity contribution in [1.82, 2.24) is 10.2 Å². The van der Waals surface area contributed by atoms with Crippen LogP contribution in [0.1, 0.15) is 27.2 Å². The van der Waals surface area contributed by atoms with Gasteiger partial charge in [-0.15, -0.1) is 6.58 Å². The van der Waals surface area contributed by atoms with E-state index in [9.17, 15) is 4.79 Å². The molecule has 0 spiro atoms. The lowest BCUT2D eigenvalue weighted by atomic mass is 10.00. The van der Waals surface area contributed by atoms with Crippen molar-refractivity contribution in [2.75, 3.05) is 20.1 Å². The average molecular weight is 198 g/mol. The summed E-state index contributed by atoms with van der Waals surface area (Å²) in [6.07, 6.45) is 2.70. The molecule has 1 N–H and O–H groups in total. The summed E-state index contributed by atoms with van der Waals surface area (Å²) in [5, 5.41) is 3.00. The van der Waals surface area contributed by atoms with Crippen LogP contribution in [0.15, 0.2) is 12.7 Å². The lowest BCUT2D eigenvalue weighted by molar-refractivity contribution is -0.133. The van der Waals surface area contributed by atoms with Gasteiger partial charge in [-0.05, 0) is 20.3 Å². The van der Waals surface area contributed by atoms with Gasteiger partial charge in [0.1, 0.15) is 0 Å². The number of nitrogens with zero attached hydrogens (tertiary/aromatic N) is 1. The largest absolute Gasteiger partial charge is 0.340 e. The van der Waals surface area contributed by atoms with Crippen molar-refractivity contribution < 1.29 is 4.79 Å². The molecule has 0 aliphatic heterocycles. The highest BCUT2D eigenvalue weighted by Gasteiger charge is 2.24. The smallest absolute Gasteiger partial charge is 0.236 e. The summed E-state index contributed by atoms with van der Waals surface area (Å²) >= 11 is 0. The predicted molar refractivity (Wildman–Crippen MR) is 60.2 cm³/mol. The molecule has 1 amide bonds. The molecular weight excluding hydrogens is 176 g/mol. The number of carbonyl (C=O) groups is 1. The molecule has 0 aromatic heterocycles. The predicted octanol–water partition coefficient (Wildman–Crippen LogP) is 1.41. The third-order valence-corrected chi connectivity index (χ3v) is 2.71. The van der Waals surface area contributed by atoms with Crippen LogP contribution in [-0.4, -0.2) is 36.5 Å². The van der Waals surface area contributed by atoms with Crippen LogP contribution in [0.25, 0.3) is 0 Å². The maximum absolute atomic E-state index is 11.7. The van der Waals surface area contributed by atoms with Gasteiger partial charge >= 0.3 is 0 Å². The summed E-state index contributed by atoms with van der Waals surface area (Å²) in [6.45, 7) is 10.9. The molecule has 0 saturated carbocycles. The second kappa shape index (κ2) is 5.81. The van der Waals surface area contributed by atoms with E-state index in [0.717, 1.165) is 6.42 Å². The van der Waals surface area contributed by atoms with Gasteiger partial charge in [0, 0.05) is 19.1 Å². The Morgan fingerprint density at radius 3 is 2.57 bits per heavy atom. The van der Waals surface area contributed by atoms with E-state index >= 15 is 0 Å². The molecule has 0 unspecified atom stereocenters. The molecule has 0 rings (SSSR count). The molecule has 0 aliphatic rings. The summed E-state index contributed by atoms with van der Waals surface area (Å²) in [7, 11) is 1.85. The van der Waals surface area contributed by atoms with Crippen molar-refractivity contribution in [3.8, 4) is 0 Å². The molecule has 0 aromatic carbocycles. The van der Waals surface area contributed by atoms with E-state index in [1.54, 1.807) is 11.0 Å². The van der Waals surface area contributed by atoms with Crippen LogP contribution in [0.5, 0.6) is 0 Å². The first kappa shape index (κ1) is 13.2. The molecule has 0 aliphatic carbocycles. The summed E-state index contributed by atoms with van der Waals surface area (Å²) in [5.74, 6) is 0.124. The zero-order valence-electron chi connectivity index (χ0n) is 9.76. The highest BCUT2D eigenvalue weighted by atomic mass is 16.2. The fourth-order valence-electron chi connectivity index (χ4n) is 0.974. The highest BCUT2D eigenvalue weighted by molar-refractivity contribution is 5.78. The molecule has 0 atom stereocenters. The van der Waals surface area contributed by atoms with Crippen LogP contribution in [-0.2, 0) is 4.79 Å². The third-order valence-electron chi connectivity index (χ3n) is 2.71. The summed E-state index contributed by atoms with van der Waals surface area (Å²) in [6, 6.07) is 0. The van der Waals surface area contributed by atoms with Crippen LogP contribution >= 0.6 is 0 Å². The standard InChI is InChI=1S/C11H22N2O/c1-6-8-12-9-10(14)13(5)11(3,4)7-2/h6,12H,1,7-9H2,2-5H3. The molecule has 0 radical (unpaired) electrons. The van der Waals surface area contributed by atoms with E-state index in [4.69, 9.17) is 0 Å². The van der Waals surface area contributed by atoms with Crippen molar-refractivity contribution in [3.05, 3.63) is 12.7 Å². The van der Waals surface area contributed by atoms with Crippen molar-refractivity contribution in [2.24, 2.45) is 0 Å². The monoisotopic (exact) mass is 198 g/mol. The van der Waals surface area contributed by atoms with Crippen LogP contribution in [0.4, 0.5) is 0 Å². The lowest BCUT2D eigenvalue weighted by Crippen LogP contribution is -2.47. The fourth-order valence-corrected chi connectivity index (χ4v) is 0.974. The highest BCUT2D eigenvalue weighted by Crippen LogP contribution is 2.15. The zero-order chi connectivity index (χ0) is 11.2. The molecule has 14 heavy (non-hydrogen) atoms. The topological polar surface area (TPSA) is 32.3 Å². The number of carbonyl (C=O) groups excluding carboxylic acids is 1. The van der Waals surface area contributed by atoms with Crippen LogP contribution < -0.4 is 5.32 Å². The maximum Gasteiger partial charge on any atom is 0.236 e. The number of amides is 1. The van der Waals surface area contributed by atoms with Crippen molar-refractivity contribution >= 4 is 5.91 Å². The number of rotatable bonds is 6. The minimum atomic E-state index is -0.0626.